The molecule has 2 aromatic rings. The van der Waals surface area contributed by atoms with Gasteiger partial charge in [-0.15, -0.1) is 0 Å². The monoisotopic (exact) mass is 323 g/mol. The molecule has 0 bridgehead atoms. The van der Waals surface area contributed by atoms with E-state index in [0.717, 1.165) is 38.8 Å². The molecule has 2 saturated heterocycles. The van der Waals surface area contributed by atoms with Crippen LogP contribution in [0, 0.1) is 6.92 Å². The van der Waals surface area contributed by atoms with E-state index < -0.39 is 0 Å². The highest BCUT2D eigenvalue weighted by Gasteiger charge is 2.38. The molecule has 2 aromatic carbocycles. The predicted molar refractivity (Wildman–Crippen MR) is 95.9 cm³/mol. The number of hydrogen-bond donors (Lipinski definition) is 0. The zero-order valence-electron chi connectivity index (χ0n) is 14.4. The topological polar surface area (TPSA) is 29.5 Å². The van der Waals surface area contributed by atoms with Gasteiger partial charge in [0.15, 0.2) is 0 Å². The van der Waals surface area contributed by atoms with Gasteiger partial charge < -0.3 is 9.64 Å². The molecule has 0 radical (unpaired) electrons. The van der Waals surface area contributed by atoms with E-state index in [1.165, 1.54) is 21.9 Å². The SMILES string of the molecule is Cc1ccc(CN2CC[C@]3(CCCO3)CCC2=O)c2ccccc12. The highest BCUT2D eigenvalue weighted by Crippen LogP contribution is 2.36. The Morgan fingerprint density at radius 1 is 1.08 bits per heavy atom. The molecule has 2 heterocycles. The molecule has 3 nitrogen and oxygen atoms in total. The highest BCUT2D eigenvalue weighted by molar-refractivity contribution is 5.89. The molecule has 0 N–H and O–H groups in total. The normalized spacial score (nSPS) is 24.7. The number of likely N-dealkylation sites (tertiary alicyclic amines) is 1. The molecule has 1 spiro atoms. The van der Waals surface area contributed by atoms with Crippen molar-refractivity contribution >= 4 is 16.7 Å². The van der Waals surface area contributed by atoms with Gasteiger partial charge in [0, 0.05) is 26.1 Å². The van der Waals surface area contributed by atoms with Crippen LogP contribution >= 0.6 is 0 Å². The number of rotatable bonds is 2. The Morgan fingerprint density at radius 2 is 1.92 bits per heavy atom. The lowest BCUT2D eigenvalue weighted by Gasteiger charge is -2.27. The summed E-state index contributed by atoms with van der Waals surface area (Å²) < 4.78 is 6.02. The van der Waals surface area contributed by atoms with Gasteiger partial charge in [-0.2, -0.15) is 0 Å². The smallest absolute Gasteiger partial charge is 0.222 e. The maximum atomic E-state index is 12.6. The van der Waals surface area contributed by atoms with Crippen LogP contribution in [0.4, 0.5) is 0 Å². The van der Waals surface area contributed by atoms with Crippen LogP contribution in [0.25, 0.3) is 10.8 Å². The van der Waals surface area contributed by atoms with Gasteiger partial charge in [-0.1, -0.05) is 36.4 Å². The number of aryl methyl sites for hydroxylation is 1. The van der Waals surface area contributed by atoms with Crippen molar-refractivity contribution in [2.45, 2.75) is 51.2 Å². The quantitative estimate of drug-likeness (QED) is 0.828. The first kappa shape index (κ1) is 15.6. The molecule has 2 aliphatic rings. The number of fused-ring (bicyclic) bond motifs is 1. The van der Waals surface area contributed by atoms with Crippen LogP contribution in [0.3, 0.4) is 0 Å². The van der Waals surface area contributed by atoms with Gasteiger partial charge in [0.05, 0.1) is 5.60 Å². The number of carbonyl (C=O) groups excluding carboxylic acids is 1. The molecule has 1 amide bonds. The summed E-state index contributed by atoms with van der Waals surface area (Å²) in [7, 11) is 0. The standard InChI is InChI=1S/C21H25NO2/c1-16-7-8-17(19-6-3-2-5-18(16)19)15-22-13-12-21(10-4-14-24-21)11-9-20(22)23/h2-3,5-8H,4,9-15H2,1H3/t21-/m0/s1. The highest BCUT2D eigenvalue weighted by atomic mass is 16.5. The van der Waals surface area contributed by atoms with Crippen LogP contribution < -0.4 is 0 Å². The summed E-state index contributed by atoms with van der Waals surface area (Å²) in [6, 6.07) is 12.8. The summed E-state index contributed by atoms with van der Waals surface area (Å²) in [6.45, 7) is 4.51. The van der Waals surface area contributed by atoms with E-state index in [0.29, 0.717) is 13.0 Å². The van der Waals surface area contributed by atoms with Crippen molar-refractivity contribution in [3.63, 3.8) is 0 Å². The number of hydrogen-bond acceptors (Lipinski definition) is 2. The van der Waals surface area contributed by atoms with Crippen molar-refractivity contribution in [1.82, 2.24) is 4.90 Å². The maximum absolute atomic E-state index is 12.6. The average molecular weight is 323 g/mol. The van der Waals surface area contributed by atoms with E-state index in [9.17, 15) is 4.79 Å². The first-order valence-corrected chi connectivity index (χ1v) is 9.06. The molecule has 1 atom stereocenters. The molecule has 2 fully saturated rings. The Morgan fingerprint density at radius 3 is 2.71 bits per heavy atom. The van der Waals surface area contributed by atoms with Crippen LogP contribution in [-0.2, 0) is 16.1 Å². The zero-order valence-corrected chi connectivity index (χ0v) is 14.4. The van der Waals surface area contributed by atoms with E-state index in [2.05, 4.69) is 43.3 Å². The molecule has 2 aliphatic heterocycles. The summed E-state index contributed by atoms with van der Waals surface area (Å²) >= 11 is 0. The fourth-order valence-electron chi connectivity index (χ4n) is 4.25. The molecule has 0 saturated carbocycles. The van der Waals surface area contributed by atoms with Crippen LogP contribution in [-0.4, -0.2) is 29.6 Å². The maximum Gasteiger partial charge on any atom is 0.222 e. The molecular weight excluding hydrogens is 298 g/mol. The third kappa shape index (κ3) is 2.82. The summed E-state index contributed by atoms with van der Waals surface area (Å²) in [5.74, 6) is 0.270. The van der Waals surface area contributed by atoms with Crippen molar-refractivity contribution in [3.8, 4) is 0 Å². The second-order valence-corrected chi connectivity index (χ2v) is 7.29. The molecule has 24 heavy (non-hydrogen) atoms. The summed E-state index contributed by atoms with van der Waals surface area (Å²) in [6.07, 6.45) is 4.72. The average Bonchev–Trinajstić information content (AvgIpc) is 3.02. The molecule has 0 unspecified atom stereocenters. The molecule has 4 rings (SSSR count). The molecule has 3 heteroatoms. The number of carbonyl (C=O) groups is 1. The lowest BCUT2D eigenvalue weighted by molar-refractivity contribution is -0.131. The first-order valence-electron chi connectivity index (χ1n) is 9.06. The van der Waals surface area contributed by atoms with Crippen molar-refractivity contribution in [1.29, 1.82) is 0 Å². The minimum Gasteiger partial charge on any atom is -0.375 e. The van der Waals surface area contributed by atoms with Crippen molar-refractivity contribution in [2.75, 3.05) is 13.2 Å². The van der Waals surface area contributed by atoms with Crippen LogP contribution in [0.15, 0.2) is 36.4 Å². The minimum absolute atomic E-state index is 0.0280. The van der Waals surface area contributed by atoms with E-state index in [1.54, 1.807) is 0 Å². The minimum atomic E-state index is -0.0280. The Hall–Kier alpha value is -1.87. The Balaban J connectivity index is 1.59. The van der Waals surface area contributed by atoms with Gasteiger partial charge in [0.2, 0.25) is 5.91 Å². The zero-order chi connectivity index (χ0) is 16.6. The largest absolute Gasteiger partial charge is 0.375 e. The second-order valence-electron chi connectivity index (χ2n) is 7.29. The van der Waals surface area contributed by atoms with E-state index in [-0.39, 0.29) is 11.5 Å². The first-order chi connectivity index (χ1) is 11.7. The van der Waals surface area contributed by atoms with E-state index >= 15 is 0 Å². The van der Waals surface area contributed by atoms with Crippen LogP contribution in [0.2, 0.25) is 0 Å². The van der Waals surface area contributed by atoms with Gasteiger partial charge in [-0.3, -0.25) is 4.79 Å². The third-order valence-corrected chi connectivity index (χ3v) is 5.76. The molecule has 126 valence electrons. The lowest BCUT2D eigenvalue weighted by Crippen LogP contribution is -2.32. The summed E-state index contributed by atoms with van der Waals surface area (Å²) in [5, 5.41) is 2.55. The Kier molecular flexibility index (Phi) is 4.05. The number of ether oxygens (including phenoxy) is 1. The Labute approximate surface area is 143 Å². The second kappa shape index (κ2) is 6.21. The number of nitrogens with zero attached hydrogens (tertiary/aromatic N) is 1. The van der Waals surface area contributed by atoms with Gasteiger partial charge in [0.1, 0.15) is 0 Å². The molecule has 0 aromatic heterocycles. The van der Waals surface area contributed by atoms with Gasteiger partial charge >= 0.3 is 0 Å². The summed E-state index contributed by atoms with van der Waals surface area (Å²) in [4.78, 5) is 14.7. The number of amides is 1. The number of benzene rings is 2. The van der Waals surface area contributed by atoms with Gasteiger partial charge in [-0.25, -0.2) is 0 Å². The molecular formula is C21H25NO2. The fraction of sp³-hybridized carbons (Fsp3) is 0.476. The van der Waals surface area contributed by atoms with Crippen LogP contribution in [0.1, 0.15) is 43.2 Å². The third-order valence-electron chi connectivity index (χ3n) is 5.76. The van der Waals surface area contributed by atoms with Gasteiger partial charge in [-0.05, 0) is 54.5 Å². The van der Waals surface area contributed by atoms with E-state index in [1.807, 2.05) is 4.90 Å². The van der Waals surface area contributed by atoms with Crippen molar-refractivity contribution in [3.05, 3.63) is 47.5 Å². The lowest BCUT2D eigenvalue weighted by atomic mass is 9.92. The molecule has 0 aliphatic carbocycles. The van der Waals surface area contributed by atoms with Crippen LogP contribution in [0.5, 0.6) is 0 Å². The fourth-order valence-corrected chi connectivity index (χ4v) is 4.25. The van der Waals surface area contributed by atoms with Gasteiger partial charge in [0.25, 0.3) is 0 Å². The van der Waals surface area contributed by atoms with E-state index in [4.69, 9.17) is 4.74 Å². The Bertz CT molecular complexity index is 762. The van der Waals surface area contributed by atoms with Crippen molar-refractivity contribution < 1.29 is 9.53 Å². The summed E-state index contributed by atoms with van der Waals surface area (Å²) in [5.41, 5.74) is 2.50. The van der Waals surface area contributed by atoms with Crippen molar-refractivity contribution in [2.24, 2.45) is 0 Å². The predicted octanol–water partition coefficient (Wildman–Crippen LogP) is 4.21.